The van der Waals surface area contributed by atoms with Crippen molar-refractivity contribution in [1.82, 2.24) is 25.2 Å². The van der Waals surface area contributed by atoms with Gasteiger partial charge in [0.05, 0.1) is 11.9 Å². The summed E-state index contributed by atoms with van der Waals surface area (Å²) in [5.41, 5.74) is 2.70. The molecular formula is C21H21N5O2. The molecule has 1 aromatic heterocycles. The molecular weight excluding hydrogens is 354 g/mol. The summed E-state index contributed by atoms with van der Waals surface area (Å²) in [5, 5.41) is 10.8. The van der Waals surface area contributed by atoms with Crippen molar-refractivity contribution in [3.05, 3.63) is 77.6 Å². The first-order chi connectivity index (χ1) is 13.7. The number of para-hydroxylation sites is 1. The predicted molar refractivity (Wildman–Crippen MR) is 104 cm³/mol. The monoisotopic (exact) mass is 375 g/mol. The standard InChI is InChI=1S/C21H21N5O2/c27-20(19-15-26(24-23-19)18-6-2-1-3-7-18)22-14-16-8-10-17(11-9-16)21(28)25-12-4-5-13-25/h1-3,6-11,15H,4-5,12-14H2,(H,22,27). The van der Waals surface area contributed by atoms with Crippen LogP contribution in [0.4, 0.5) is 0 Å². The van der Waals surface area contributed by atoms with E-state index in [-0.39, 0.29) is 17.5 Å². The molecule has 0 atom stereocenters. The SMILES string of the molecule is O=C(NCc1ccc(C(=O)N2CCCC2)cc1)c1cn(-c2ccccc2)nn1. The Balaban J connectivity index is 1.35. The van der Waals surface area contributed by atoms with Crippen molar-refractivity contribution >= 4 is 11.8 Å². The van der Waals surface area contributed by atoms with E-state index in [4.69, 9.17) is 0 Å². The number of rotatable bonds is 5. The Morgan fingerprint density at radius 3 is 2.39 bits per heavy atom. The van der Waals surface area contributed by atoms with Crippen molar-refractivity contribution < 1.29 is 9.59 Å². The van der Waals surface area contributed by atoms with Crippen LogP contribution in [-0.4, -0.2) is 44.8 Å². The molecule has 1 aliphatic rings. The summed E-state index contributed by atoms with van der Waals surface area (Å²) in [4.78, 5) is 26.6. The van der Waals surface area contributed by atoms with Crippen LogP contribution in [-0.2, 0) is 6.54 Å². The number of likely N-dealkylation sites (tertiary alicyclic amines) is 1. The maximum Gasteiger partial charge on any atom is 0.273 e. The Kier molecular flexibility index (Phi) is 5.14. The van der Waals surface area contributed by atoms with Gasteiger partial charge in [-0.25, -0.2) is 4.68 Å². The molecule has 0 unspecified atom stereocenters. The van der Waals surface area contributed by atoms with E-state index in [2.05, 4.69) is 15.6 Å². The average molecular weight is 375 g/mol. The van der Waals surface area contributed by atoms with E-state index < -0.39 is 0 Å². The highest BCUT2D eigenvalue weighted by Crippen LogP contribution is 2.14. The Hall–Kier alpha value is -3.48. The molecule has 28 heavy (non-hydrogen) atoms. The van der Waals surface area contributed by atoms with E-state index in [1.807, 2.05) is 59.5 Å². The van der Waals surface area contributed by atoms with Crippen LogP contribution in [0.25, 0.3) is 5.69 Å². The third-order valence-corrected chi connectivity index (χ3v) is 4.79. The number of amides is 2. The largest absolute Gasteiger partial charge is 0.347 e. The summed E-state index contributed by atoms with van der Waals surface area (Å²) < 4.78 is 1.56. The maximum atomic E-state index is 12.4. The fourth-order valence-electron chi connectivity index (χ4n) is 3.22. The van der Waals surface area contributed by atoms with Gasteiger partial charge in [0.1, 0.15) is 0 Å². The topological polar surface area (TPSA) is 80.1 Å². The van der Waals surface area contributed by atoms with E-state index in [9.17, 15) is 9.59 Å². The lowest BCUT2D eigenvalue weighted by atomic mass is 10.1. The molecule has 0 saturated carbocycles. The minimum Gasteiger partial charge on any atom is -0.347 e. The van der Waals surface area contributed by atoms with Gasteiger partial charge in [0.15, 0.2) is 5.69 Å². The fourth-order valence-corrected chi connectivity index (χ4v) is 3.22. The molecule has 2 heterocycles. The van der Waals surface area contributed by atoms with Crippen molar-refractivity contribution in [2.75, 3.05) is 13.1 Å². The minimum absolute atomic E-state index is 0.0746. The average Bonchev–Trinajstić information content (AvgIpc) is 3.45. The summed E-state index contributed by atoms with van der Waals surface area (Å²) in [6.45, 7) is 2.02. The van der Waals surface area contributed by atoms with Gasteiger partial charge in [0.2, 0.25) is 0 Å². The van der Waals surface area contributed by atoms with Gasteiger partial charge in [0.25, 0.3) is 11.8 Å². The number of carbonyl (C=O) groups is 2. The first kappa shape index (κ1) is 17.9. The van der Waals surface area contributed by atoms with E-state index >= 15 is 0 Å². The van der Waals surface area contributed by atoms with Crippen LogP contribution in [0.1, 0.15) is 39.3 Å². The van der Waals surface area contributed by atoms with Crippen LogP contribution in [0.3, 0.4) is 0 Å². The normalized spacial score (nSPS) is 13.5. The maximum absolute atomic E-state index is 12.4. The van der Waals surface area contributed by atoms with E-state index in [1.54, 1.807) is 10.9 Å². The van der Waals surface area contributed by atoms with Gasteiger partial charge in [-0.15, -0.1) is 5.10 Å². The van der Waals surface area contributed by atoms with Crippen LogP contribution >= 0.6 is 0 Å². The lowest BCUT2D eigenvalue weighted by Crippen LogP contribution is -2.27. The number of carbonyl (C=O) groups excluding carboxylic acids is 2. The van der Waals surface area contributed by atoms with Crippen LogP contribution in [0.5, 0.6) is 0 Å². The van der Waals surface area contributed by atoms with Gasteiger partial charge in [-0.2, -0.15) is 0 Å². The summed E-state index contributed by atoms with van der Waals surface area (Å²) in [6, 6.07) is 16.8. The van der Waals surface area contributed by atoms with Crippen molar-refractivity contribution in [3.63, 3.8) is 0 Å². The number of benzene rings is 2. The lowest BCUT2D eigenvalue weighted by Gasteiger charge is -2.15. The molecule has 1 saturated heterocycles. The fraction of sp³-hybridized carbons (Fsp3) is 0.238. The first-order valence-corrected chi connectivity index (χ1v) is 9.35. The summed E-state index contributed by atoms with van der Waals surface area (Å²) in [7, 11) is 0. The number of hydrogen-bond acceptors (Lipinski definition) is 4. The molecule has 0 aliphatic carbocycles. The number of nitrogens with one attached hydrogen (secondary N) is 1. The highest BCUT2D eigenvalue weighted by molar-refractivity contribution is 5.94. The Labute approximate surface area is 163 Å². The second-order valence-electron chi connectivity index (χ2n) is 6.76. The molecule has 4 rings (SSSR count). The Morgan fingerprint density at radius 2 is 1.68 bits per heavy atom. The summed E-state index contributed by atoms with van der Waals surface area (Å²) in [6.07, 6.45) is 3.75. The van der Waals surface area contributed by atoms with Gasteiger partial charge in [-0.05, 0) is 42.7 Å². The molecule has 0 spiro atoms. The van der Waals surface area contributed by atoms with Gasteiger partial charge in [0, 0.05) is 25.2 Å². The highest BCUT2D eigenvalue weighted by Gasteiger charge is 2.19. The third kappa shape index (κ3) is 3.93. The van der Waals surface area contributed by atoms with E-state index in [1.165, 1.54) is 0 Å². The van der Waals surface area contributed by atoms with Crippen LogP contribution in [0, 0.1) is 0 Å². The zero-order valence-corrected chi connectivity index (χ0v) is 15.4. The van der Waals surface area contributed by atoms with E-state index in [0.29, 0.717) is 12.1 Å². The van der Waals surface area contributed by atoms with Gasteiger partial charge in [-0.3, -0.25) is 9.59 Å². The molecule has 142 valence electrons. The quantitative estimate of drug-likeness (QED) is 0.743. The molecule has 0 radical (unpaired) electrons. The summed E-state index contributed by atoms with van der Waals surface area (Å²) >= 11 is 0. The first-order valence-electron chi connectivity index (χ1n) is 9.35. The number of nitrogens with zero attached hydrogens (tertiary/aromatic N) is 4. The summed E-state index contributed by atoms with van der Waals surface area (Å²) in [5.74, 6) is -0.218. The van der Waals surface area contributed by atoms with Crippen molar-refractivity contribution in [2.45, 2.75) is 19.4 Å². The molecule has 0 bridgehead atoms. The lowest BCUT2D eigenvalue weighted by molar-refractivity contribution is 0.0792. The smallest absolute Gasteiger partial charge is 0.273 e. The van der Waals surface area contributed by atoms with Gasteiger partial charge < -0.3 is 10.2 Å². The molecule has 1 N–H and O–H groups in total. The minimum atomic E-state index is -0.292. The van der Waals surface area contributed by atoms with Crippen LogP contribution in [0.15, 0.2) is 60.8 Å². The zero-order valence-electron chi connectivity index (χ0n) is 15.4. The zero-order chi connectivity index (χ0) is 19.3. The van der Waals surface area contributed by atoms with Crippen molar-refractivity contribution in [1.29, 1.82) is 0 Å². The second kappa shape index (κ2) is 8.04. The second-order valence-corrected chi connectivity index (χ2v) is 6.76. The van der Waals surface area contributed by atoms with Crippen LogP contribution in [0.2, 0.25) is 0 Å². The van der Waals surface area contributed by atoms with Gasteiger partial charge in [-0.1, -0.05) is 35.5 Å². The van der Waals surface area contributed by atoms with E-state index in [0.717, 1.165) is 37.2 Å². The molecule has 7 heteroatoms. The number of hydrogen-bond donors (Lipinski definition) is 1. The van der Waals surface area contributed by atoms with Crippen LogP contribution < -0.4 is 5.32 Å². The Morgan fingerprint density at radius 1 is 0.964 bits per heavy atom. The molecule has 3 aromatic rings. The molecule has 2 aromatic carbocycles. The number of aromatic nitrogens is 3. The molecule has 2 amide bonds. The molecule has 7 nitrogen and oxygen atoms in total. The van der Waals surface area contributed by atoms with Crippen molar-refractivity contribution in [3.8, 4) is 5.69 Å². The third-order valence-electron chi connectivity index (χ3n) is 4.79. The predicted octanol–water partition coefficient (Wildman–Crippen LogP) is 2.43. The van der Waals surface area contributed by atoms with Crippen molar-refractivity contribution in [2.24, 2.45) is 0 Å². The molecule has 1 aliphatic heterocycles. The van der Waals surface area contributed by atoms with Gasteiger partial charge >= 0.3 is 0 Å². The molecule has 1 fully saturated rings. The highest BCUT2D eigenvalue weighted by atomic mass is 16.2. The Bertz CT molecular complexity index is 960.